The van der Waals surface area contributed by atoms with Gasteiger partial charge in [0.1, 0.15) is 0 Å². The van der Waals surface area contributed by atoms with E-state index in [1.165, 1.54) is 60.5 Å². The molecule has 1 aliphatic carbocycles. The van der Waals surface area contributed by atoms with Crippen molar-refractivity contribution in [1.82, 2.24) is 0 Å². The maximum atomic E-state index is 2.46. The van der Waals surface area contributed by atoms with Gasteiger partial charge in [-0.05, 0) is 67.9 Å². The van der Waals surface area contributed by atoms with E-state index < -0.39 is 0 Å². The molecule has 0 saturated carbocycles. The van der Waals surface area contributed by atoms with Gasteiger partial charge in [0.25, 0.3) is 0 Å². The van der Waals surface area contributed by atoms with Gasteiger partial charge in [-0.2, -0.15) is 0 Å². The Balaban J connectivity index is 1.79. The Kier molecular flexibility index (Phi) is 3.53. The predicted octanol–water partition coefficient (Wildman–Crippen LogP) is 8.27. The third-order valence-electron chi connectivity index (χ3n) is 6.93. The van der Waals surface area contributed by atoms with Crippen LogP contribution in [0, 0.1) is 6.92 Å². The average Bonchev–Trinajstić information content (AvgIpc) is 3.01. The van der Waals surface area contributed by atoms with Gasteiger partial charge < -0.3 is 0 Å². The van der Waals surface area contributed by atoms with Gasteiger partial charge in [0, 0.05) is 5.41 Å². The second-order valence-corrected chi connectivity index (χ2v) is 9.09. The van der Waals surface area contributed by atoms with Crippen molar-refractivity contribution in [3.05, 3.63) is 108 Å². The standard InChI is InChI=1S/C30H24/c1-19-12-14-21(15-13-19)25-18-27-29(24-11-7-6-10-23(24)25)28-22-9-5-4-8-20(22)16-17-26(28)30(27,2)3/h4-18H,1-3H3. The van der Waals surface area contributed by atoms with Gasteiger partial charge in [0.15, 0.2) is 0 Å². The fourth-order valence-electron chi connectivity index (χ4n) is 5.32. The number of hydrogen-bond acceptors (Lipinski definition) is 0. The summed E-state index contributed by atoms with van der Waals surface area (Å²) in [6.07, 6.45) is 0. The molecule has 30 heavy (non-hydrogen) atoms. The van der Waals surface area contributed by atoms with Gasteiger partial charge in [-0.15, -0.1) is 0 Å². The van der Waals surface area contributed by atoms with E-state index in [-0.39, 0.29) is 5.41 Å². The first kappa shape index (κ1) is 17.5. The molecule has 5 aromatic rings. The molecule has 0 unspecified atom stereocenters. The van der Waals surface area contributed by atoms with E-state index in [1.54, 1.807) is 0 Å². The van der Waals surface area contributed by atoms with Crippen LogP contribution in [0.4, 0.5) is 0 Å². The van der Waals surface area contributed by atoms with E-state index in [0.717, 1.165) is 0 Å². The van der Waals surface area contributed by atoms with Crippen molar-refractivity contribution >= 4 is 21.5 Å². The van der Waals surface area contributed by atoms with Gasteiger partial charge in [-0.25, -0.2) is 0 Å². The zero-order valence-electron chi connectivity index (χ0n) is 17.7. The Hall–Kier alpha value is -3.38. The van der Waals surface area contributed by atoms with Crippen LogP contribution in [0.2, 0.25) is 0 Å². The van der Waals surface area contributed by atoms with E-state index in [0.29, 0.717) is 0 Å². The molecule has 0 spiro atoms. The van der Waals surface area contributed by atoms with Crippen molar-refractivity contribution in [2.75, 3.05) is 0 Å². The van der Waals surface area contributed by atoms with E-state index >= 15 is 0 Å². The van der Waals surface area contributed by atoms with E-state index in [1.807, 2.05) is 0 Å². The summed E-state index contributed by atoms with van der Waals surface area (Å²) in [7, 11) is 0. The van der Waals surface area contributed by atoms with E-state index in [2.05, 4.69) is 112 Å². The van der Waals surface area contributed by atoms with Crippen LogP contribution in [-0.2, 0) is 5.41 Å². The Morgan fingerprint density at radius 3 is 1.97 bits per heavy atom. The topological polar surface area (TPSA) is 0 Å². The fraction of sp³-hybridized carbons (Fsp3) is 0.133. The first-order valence-electron chi connectivity index (χ1n) is 10.7. The third-order valence-corrected chi connectivity index (χ3v) is 6.93. The van der Waals surface area contributed by atoms with Crippen LogP contribution in [-0.4, -0.2) is 0 Å². The molecule has 0 heterocycles. The van der Waals surface area contributed by atoms with Crippen molar-refractivity contribution in [2.24, 2.45) is 0 Å². The maximum absolute atomic E-state index is 2.46. The van der Waals surface area contributed by atoms with Gasteiger partial charge in [0.2, 0.25) is 0 Å². The Labute approximate surface area is 177 Å². The van der Waals surface area contributed by atoms with Crippen LogP contribution in [0.25, 0.3) is 43.8 Å². The smallest absolute Gasteiger partial charge is 0.0159 e. The molecule has 0 bridgehead atoms. The molecule has 0 heteroatoms. The first-order valence-corrected chi connectivity index (χ1v) is 10.7. The Morgan fingerprint density at radius 1 is 0.567 bits per heavy atom. The summed E-state index contributed by atoms with van der Waals surface area (Å²) in [5.74, 6) is 0. The third kappa shape index (κ3) is 2.28. The quantitative estimate of drug-likeness (QED) is 0.273. The normalized spacial score (nSPS) is 14.1. The first-order chi connectivity index (χ1) is 14.6. The molecule has 6 rings (SSSR count). The highest BCUT2D eigenvalue weighted by Crippen LogP contribution is 2.55. The zero-order valence-corrected chi connectivity index (χ0v) is 17.7. The van der Waals surface area contributed by atoms with E-state index in [4.69, 9.17) is 0 Å². The number of rotatable bonds is 1. The molecular formula is C30H24. The van der Waals surface area contributed by atoms with Crippen LogP contribution < -0.4 is 0 Å². The molecule has 0 nitrogen and oxygen atoms in total. The van der Waals surface area contributed by atoms with Gasteiger partial charge >= 0.3 is 0 Å². The summed E-state index contributed by atoms with van der Waals surface area (Å²) < 4.78 is 0. The lowest BCUT2D eigenvalue weighted by Gasteiger charge is -2.23. The Bertz CT molecular complexity index is 1450. The molecular weight excluding hydrogens is 360 g/mol. The van der Waals surface area contributed by atoms with Crippen LogP contribution in [0.1, 0.15) is 30.5 Å². The summed E-state index contributed by atoms with van der Waals surface area (Å²) in [6.45, 7) is 6.90. The molecule has 0 aromatic heterocycles. The molecule has 0 saturated heterocycles. The molecule has 0 atom stereocenters. The lowest BCUT2D eigenvalue weighted by atomic mass is 9.80. The minimum absolute atomic E-state index is 0.0296. The minimum atomic E-state index is -0.0296. The highest BCUT2D eigenvalue weighted by atomic mass is 14.4. The molecule has 0 amide bonds. The number of benzene rings is 5. The Morgan fingerprint density at radius 2 is 1.20 bits per heavy atom. The van der Waals surface area contributed by atoms with Crippen molar-refractivity contribution in [3.63, 3.8) is 0 Å². The minimum Gasteiger partial charge on any atom is -0.0616 e. The lowest BCUT2D eigenvalue weighted by molar-refractivity contribution is 0.661. The van der Waals surface area contributed by atoms with Gasteiger partial charge in [0.05, 0.1) is 0 Å². The summed E-state index contributed by atoms with van der Waals surface area (Å²) in [4.78, 5) is 0. The van der Waals surface area contributed by atoms with Crippen LogP contribution in [0.3, 0.4) is 0 Å². The fourth-order valence-corrected chi connectivity index (χ4v) is 5.32. The van der Waals surface area contributed by atoms with Gasteiger partial charge in [-0.3, -0.25) is 0 Å². The summed E-state index contributed by atoms with van der Waals surface area (Å²) in [5.41, 5.74) is 9.58. The van der Waals surface area contributed by atoms with Crippen LogP contribution in [0.15, 0.2) is 91.0 Å². The van der Waals surface area contributed by atoms with E-state index in [9.17, 15) is 0 Å². The molecule has 0 aliphatic heterocycles. The number of hydrogen-bond donors (Lipinski definition) is 0. The molecule has 0 radical (unpaired) electrons. The average molecular weight is 385 g/mol. The highest BCUT2D eigenvalue weighted by molar-refractivity contribution is 6.14. The van der Waals surface area contributed by atoms with Crippen molar-refractivity contribution in [3.8, 4) is 22.3 Å². The number of fused-ring (bicyclic) bond motifs is 7. The largest absolute Gasteiger partial charge is 0.0616 e. The molecule has 0 N–H and O–H groups in total. The highest BCUT2D eigenvalue weighted by Gasteiger charge is 2.38. The van der Waals surface area contributed by atoms with Crippen molar-refractivity contribution in [2.45, 2.75) is 26.2 Å². The van der Waals surface area contributed by atoms with Crippen molar-refractivity contribution < 1.29 is 0 Å². The van der Waals surface area contributed by atoms with Crippen molar-refractivity contribution in [1.29, 1.82) is 0 Å². The maximum Gasteiger partial charge on any atom is 0.0159 e. The monoisotopic (exact) mass is 384 g/mol. The summed E-state index contributed by atoms with van der Waals surface area (Å²) >= 11 is 0. The molecule has 5 aromatic carbocycles. The van der Waals surface area contributed by atoms with Crippen LogP contribution in [0.5, 0.6) is 0 Å². The van der Waals surface area contributed by atoms with Gasteiger partial charge in [-0.1, -0.05) is 104 Å². The van der Waals surface area contributed by atoms with Crippen LogP contribution >= 0.6 is 0 Å². The number of aryl methyl sites for hydroxylation is 1. The SMILES string of the molecule is Cc1ccc(-c2cc3c(c4ccccc24)-c2c(ccc4ccccc24)C3(C)C)cc1. The summed E-state index contributed by atoms with van der Waals surface area (Å²) in [5, 5.41) is 5.35. The second kappa shape index (κ2) is 6.06. The summed E-state index contributed by atoms with van der Waals surface area (Å²) in [6, 6.07) is 33.8. The lowest BCUT2D eigenvalue weighted by Crippen LogP contribution is -2.15. The second-order valence-electron chi connectivity index (χ2n) is 9.09. The molecule has 1 aliphatic rings. The zero-order chi connectivity index (χ0) is 20.5. The molecule has 0 fully saturated rings. The molecule has 144 valence electrons. The predicted molar refractivity (Wildman–Crippen MR) is 129 cm³/mol.